The van der Waals surface area contributed by atoms with Crippen LogP contribution in [0.1, 0.15) is 63.0 Å². The average molecular weight is 491 g/mol. The molecule has 33 heavy (non-hydrogen) atoms. The summed E-state index contributed by atoms with van der Waals surface area (Å²) in [4.78, 5) is 13.0. The Morgan fingerprint density at radius 2 is 1.61 bits per heavy atom. The number of halogens is 3. The van der Waals surface area contributed by atoms with Gasteiger partial charge in [0.05, 0.1) is 0 Å². The van der Waals surface area contributed by atoms with Crippen LogP contribution in [0.3, 0.4) is 0 Å². The third kappa shape index (κ3) is 7.08. The van der Waals surface area contributed by atoms with Gasteiger partial charge in [0.1, 0.15) is 28.3 Å². The van der Waals surface area contributed by atoms with Crippen molar-refractivity contribution in [1.82, 2.24) is 19.3 Å². The number of hydrogen-bond donors (Lipinski definition) is 0. The molecule has 0 aromatic carbocycles. The van der Waals surface area contributed by atoms with Crippen molar-refractivity contribution in [2.75, 3.05) is 26.0 Å². The highest BCUT2D eigenvalue weighted by atomic mass is 32.3. The largest absolute Gasteiger partial charge is 0.598 e. The molecule has 3 aliphatic rings. The molecule has 0 bridgehead atoms. The summed E-state index contributed by atoms with van der Waals surface area (Å²) in [6, 6.07) is -0.268. The average Bonchev–Trinajstić information content (AvgIpc) is 3.19. The van der Waals surface area contributed by atoms with Gasteiger partial charge in [-0.15, -0.1) is 4.31 Å². The molecule has 4 unspecified atom stereocenters. The summed E-state index contributed by atoms with van der Waals surface area (Å²) in [5.74, 6) is 3.14. The molecule has 11 heteroatoms. The molecule has 0 amide bonds. The van der Waals surface area contributed by atoms with E-state index < -0.39 is 23.2 Å². The van der Waals surface area contributed by atoms with E-state index in [2.05, 4.69) is 15.0 Å². The van der Waals surface area contributed by atoms with Crippen molar-refractivity contribution in [3.05, 3.63) is 11.6 Å². The number of fused-ring (bicyclic) bond motifs is 1. The monoisotopic (exact) mass is 490 g/mol. The molecule has 7 nitrogen and oxygen atoms in total. The van der Waals surface area contributed by atoms with Crippen LogP contribution in [0.25, 0.3) is 0 Å². The standard InChI is InChI=1S/C22H33F3N4O3S/c1-33(30,31)29-9-7-15(8-10-29)12-19-26-20(28-21(27-19)32-14-22(23,24)25)13-16-5-6-17-3-2-4-18(17)11-16/h15-18H,2-14H2,1H3. The number of piperidine rings is 1. The van der Waals surface area contributed by atoms with Crippen molar-refractivity contribution < 1.29 is 26.7 Å². The number of alkyl halides is 3. The lowest BCUT2D eigenvalue weighted by Crippen LogP contribution is -2.41. The van der Waals surface area contributed by atoms with E-state index in [1.807, 2.05) is 0 Å². The first-order chi connectivity index (χ1) is 15.5. The van der Waals surface area contributed by atoms with Gasteiger partial charge in [-0.2, -0.15) is 23.1 Å². The predicted octanol–water partition coefficient (Wildman–Crippen LogP) is 4.00. The first-order valence-corrected chi connectivity index (χ1v) is 13.8. The molecule has 1 aromatic heterocycles. The number of ether oxygens (including phenoxy) is 1. The van der Waals surface area contributed by atoms with Crippen LogP contribution >= 0.6 is 0 Å². The fraction of sp³-hybridized carbons (Fsp3) is 0.864. The highest BCUT2D eigenvalue weighted by Crippen LogP contribution is 2.44. The molecule has 0 radical (unpaired) electrons. The van der Waals surface area contributed by atoms with E-state index >= 15 is 0 Å². The molecule has 0 spiro atoms. The summed E-state index contributed by atoms with van der Waals surface area (Å²) < 4.78 is 67.9. The van der Waals surface area contributed by atoms with Gasteiger partial charge in [0, 0.05) is 25.9 Å². The normalized spacial score (nSPS) is 28.9. The summed E-state index contributed by atoms with van der Waals surface area (Å²) in [5, 5.41) is 0. The second-order valence-electron chi connectivity index (χ2n) is 10.00. The van der Waals surface area contributed by atoms with E-state index in [1.165, 1.54) is 36.2 Å². The maximum atomic E-state index is 12.7. The first kappa shape index (κ1) is 24.8. The van der Waals surface area contributed by atoms with Crippen molar-refractivity contribution in [2.24, 2.45) is 23.7 Å². The lowest BCUT2D eigenvalue weighted by molar-refractivity contribution is -0.154. The zero-order valence-electron chi connectivity index (χ0n) is 19.1. The summed E-state index contributed by atoms with van der Waals surface area (Å²) in [6.07, 6.45) is 6.52. The van der Waals surface area contributed by atoms with E-state index in [-0.39, 0.29) is 11.9 Å². The lowest BCUT2D eigenvalue weighted by atomic mass is 9.75. The van der Waals surface area contributed by atoms with Gasteiger partial charge in [0.2, 0.25) is 0 Å². The maximum Gasteiger partial charge on any atom is 0.422 e. The fourth-order valence-corrected chi connectivity index (χ4v) is 6.66. The number of hydrogen-bond acceptors (Lipinski definition) is 6. The van der Waals surface area contributed by atoms with Crippen molar-refractivity contribution >= 4 is 10.4 Å². The maximum absolute atomic E-state index is 12.7. The van der Waals surface area contributed by atoms with Crippen molar-refractivity contribution in [3.8, 4) is 6.01 Å². The number of rotatable bonds is 7. The molecule has 186 valence electrons. The van der Waals surface area contributed by atoms with E-state index in [1.54, 1.807) is 0 Å². The van der Waals surface area contributed by atoms with Crippen LogP contribution in [-0.2, 0) is 27.5 Å². The third-order valence-corrected chi connectivity index (χ3v) is 8.76. The van der Waals surface area contributed by atoms with E-state index in [9.17, 15) is 21.9 Å². The zero-order chi connectivity index (χ0) is 23.6. The zero-order valence-corrected chi connectivity index (χ0v) is 19.9. The Morgan fingerprint density at radius 3 is 2.24 bits per heavy atom. The lowest BCUT2D eigenvalue weighted by Gasteiger charge is -2.32. The summed E-state index contributed by atoms with van der Waals surface area (Å²) >= 11 is 0. The number of sulfonamides is 1. The van der Waals surface area contributed by atoms with Gasteiger partial charge in [-0.1, -0.05) is 23.5 Å². The summed E-state index contributed by atoms with van der Waals surface area (Å²) in [7, 11) is -3.21. The molecule has 2 aliphatic carbocycles. The Balaban J connectivity index is 1.43. The van der Waals surface area contributed by atoms with Gasteiger partial charge >= 0.3 is 12.2 Å². The summed E-state index contributed by atoms with van der Waals surface area (Å²) in [5.41, 5.74) is 0. The van der Waals surface area contributed by atoms with Crippen LogP contribution in [0, 0.1) is 23.7 Å². The topological polar surface area (TPSA) is 91.3 Å². The van der Waals surface area contributed by atoms with Crippen LogP contribution in [0.2, 0.25) is 0 Å². The molecule has 0 N–H and O–H groups in total. The Labute approximate surface area is 194 Å². The Morgan fingerprint density at radius 1 is 0.970 bits per heavy atom. The molecule has 3 fully saturated rings. The predicted molar refractivity (Wildman–Crippen MR) is 116 cm³/mol. The molecule has 2 heterocycles. The van der Waals surface area contributed by atoms with Gasteiger partial charge in [0.15, 0.2) is 6.61 Å². The highest BCUT2D eigenvalue weighted by Gasteiger charge is 2.35. The second-order valence-corrected chi connectivity index (χ2v) is 12.0. The van der Waals surface area contributed by atoms with Crippen molar-refractivity contribution in [1.29, 1.82) is 0 Å². The second kappa shape index (κ2) is 10.1. The van der Waals surface area contributed by atoms with Crippen LogP contribution < -0.4 is 4.74 Å². The van der Waals surface area contributed by atoms with E-state index in [4.69, 9.17) is 4.74 Å². The number of aromatic nitrogens is 3. The smallest absolute Gasteiger partial charge is 0.422 e. The van der Waals surface area contributed by atoms with Crippen LogP contribution in [-0.4, -0.2) is 55.9 Å². The fourth-order valence-electron chi connectivity index (χ4n) is 5.78. The number of nitrogens with zero attached hydrogens (tertiary/aromatic N) is 4. The van der Waals surface area contributed by atoms with Gasteiger partial charge < -0.3 is 9.29 Å². The molecule has 2 saturated carbocycles. The minimum Gasteiger partial charge on any atom is -0.598 e. The van der Waals surface area contributed by atoms with E-state index in [0.717, 1.165) is 24.7 Å². The minimum atomic E-state index is -4.47. The third-order valence-electron chi connectivity index (χ3n) is 7.46. The molecule has 4 rings (SSSR count). The van der Waals surface area contributed by atoms with Crippen LogP contribution in [0.5, 0.6) is 6.01 Å². The van der Waals surface area contributed by atoms with Crippen LogP contribution in [0.15, 0.2) is 0 Å². The molecule has 4 atom stereocenters. The Hall–Kier alpha value is -1.33. The van der Waals surface area contributed by atoms with Gasteiger partial charge in [0.25, 0.3) is 0 Å². The van der Waals surface area contributed by atoms with Gasteiger partial charge in [-0.05, 0) is 55.8 Å². The highest BCUT2D eigenvalue weighted by molar-refractivity contribution is 7.94. The molecular formula is C22H33F3N4O3S. The van der Waals surface area contributed by atoms with E-state index in [0.29, 0.717) is 56.3 Å². The Bertz CT molecular complexity index is 858. The SMILES string of the molecule is C[S+](=O)([O-])N1CCC(Cc2nc(CC3CCC4CCCC4C3)nc(OCC(F)(F)F)n2)CC1. The van der Waals surface area contributed by atoms with Crippen molar-refractivity contribution in [3.63, 3.8) is 0 Å². The van der Waals surface area contributed by atoms with Gasteiger partial charge in [-0.25, -0.2) is 4.98 Å². The summed E-state index contributed by atoms with van der Waals surface area (Å²) in [6.45, 7) is -0.567. The Kier molecular flexibility index (Phi) is 7.59. The molecular weight excluding hydrogens is 457 g/mol. The minimum absolute atomic E-state index is 0.169. The van der Waals surface area contributed by atoms with Crippen molar-refractivity contribution in [2.45, 2.75) is 70.4 Å². The first-order valence-electron chi connectivity index (χ1n) is 11.9. The van der Waals surface area contributed by atoms with Crippen LogP contribution in [0.4, 0.5) is 13.2 Å². The van der Waals surface area contributed by atoms with Gasteiger partial charge in [-0.3, -0.25) is 0 Å². The quantitative estimate of drug-likeness (QED) is 0.537. The molecule has 1 aliphatic heterocycles. The molecule has 1 saturated heterocycles. The molecule has 1 aromatic rings.